The van der Waals surface area contributed by atoms with Crippen LogP contribution in [0.2, 0.25) is 0 Å². The highest BCUT2D eigenvalue weighted by molar-refractivity contribution is 5.90. The number of phenolic OH excluding ortho intramolecular Hbond substituents is 1. The predicted molar refractivity (Wildman–Crippen MR) is 215 cm³/mol. The number of nitrogens with two attached hydrogens (primary N) is 1. The molecule has 6 N–H and O–H groups in total. The number of carbonyl (C=O) groups is 2. The Labute approximate surface area is 353 Å². The van der Waals surface area contributed by atoms with Gasteiger partial charge in [-0.25, -0.2) is 0 Å². The Morgan fingerprint density at radius 2 is 1.72 bits per heavy atom. The summed E-state index contributed by atoms with van der Waals surface area (Å²) in [6, 6.07) is 11.3. The van der Waals surface area contributed by atoms with E-state index in [0.717, 1.165) is 47.3 Å². The van der Waals surface area contributed by atoms with Crippen molar-refractivity contribution in [3.05, 3.63) is 69.8 Å². The molecule has 0 spiro atoms. The number of hydrogen-bond acceptors (Lipinski definition) is 15. The van der Waals surface area contributed by atoms with Crippen LogP contribution in [0.5, 0.6) is 34.5 Å². The molecule has 1 aliphatic carbocycles. The maximum Gasteiger partial charge on any atom is 0.317 e. The molecule has 8 rings (SSSR count). The molecule has 3 aromatic carbocycles. The van der Waals surface area contributed by atoms with E-state index in [1.54, 1.807) is 12.1 Å². The Morgan fingerprint density at radius 1 is 0.918 bits per heavy atom. The molecule has 3 aromatic rings. The van der Waals surface area contributed by atoms with Crippen molar-refractivity contribution in [2.24, 2.45) is 17.6 Å². The topological polar surface area (TPSA) is 224 Å². The molecular weight excluding hydrogens is 794 g/mol. The number of carbonyl (C=O) groups excluding carboxylic acids is 1. The van der Waals surface area contributed by atoms with Crippen molar-refractivity contribution >= 4 is 11.9 Å². The van der Waals surface area contributed by atoms with Gasteiger partial charge in [-0.1, -0.05) is 52.0 Å². The lowest BCUT2D eigenvalue weighted by Crippen LogP contribution is -2.60. The van der Waals surface area contributed by atoms with Gasteiger partial charge in [-0.15, -0.1) is 0 Å². The van der Waals surface area contributed by atoms with Crippen LogP contribution < -0.4 is 29.6 Å². The van der Waals surface area contributed by atoms with Crippen LogP contribution >= 0.6 is 0 Å². The van der Waals surface area contributed by atoms with E-state index in [0.29, 0.717) is 59.7 Å². The van der Waals surface area contributed by atoms with E-state index in [1.165, 1.54) is 19.3 Å². The molecule has 61 heavy (non-hydrogen) atoms. The zero-order valence-electron chi connectivity index (χ0n) is 34.4. The lowest BCUT2D eigenvalue weighted by molar-refractivity contribution is -0.372. The number of fused-ring (bicyclic) bond motifs is 6. The van der Waals surface area contributed by atoms with Gasteiger partial charge in [0.25, 0.3) is 0 Å². The second-order valence-electron chi connectivity index (χ2n) is 17.0. The highest BCUT2D eigenvalue weighted by atomic mass is 17.2. The molecule has 1 saturated carbocycles. The van der Waals surface area contributed by atoms with Crippen molar-refractivity contribution in [3.63, 3.8) is 0 Å². The summed E-state index contributed by atoms with van der Waals surface area (Å²) in [6.45, 7) is 4.24. The molecule has 4 aliphatic heterocycles. The van der Waals surface area contributed by atoms with Gasteiger partial charge in [0.1, 0.15) is 54.7 Å². The number of phenols is 1. The van der Waals surface area contributed by atoms with Gasteiger partial charge in [-0.05, 0) is 66.1 Å². The molecule has 5 aliphatic rings. The molecule has 0 bridgehead atoms. The van der Waals surface area contributed by atoms with Crippen molar-refractivity contribution < 1.29 is 72.9 Å². The first kappa shape index (κ1) is 42.8. The van der Waals surface area contributed by atoms with E-state index >= 15 is 0 Å². The van der Waals surface area contributed by atoms with Crippen molar-refractivity contribution in [3.8, 4) is 34.5 Å². The summed E-state index contributed by atoms with van der Waals surface area (Å²) < 4.78 is 41.7. The Balaban J connectivity index is 1.10. The second kappa shape index (κ2) is 18.6. The SMILES string of the molecule is CC(C)Cc1c2c(cc3c1O[C@@H]1c4cc(OO[C@H]5[C@H](OCCN)O[C@H](COC(=O)CC(=O)O)[C@@H](O)[C@@H]5O)c(Cc5cc(O)cc(CC6CCCCC6)c5)cc4OC[C@H]31)OCO2. The van der Waals surface area contributed by atoms with Crippen molar-refractivity contribution in [2.75, 3.05) is 33.2 Å². The summed E-state index contributed by atoms with van der Waals surface area (Å²) >= 11 is 0. The number of aliphatic hydroxyl groups is 2. The number of benzene rings is 3. The van der Waals surface area contributed by atoms with Gasteiger partial charge in [0.05, 0.1) is 19.1 Å². The van der Waals surface area contributed by atoms with Gasteiger partial charge in [0.2, 0.25) is 6.79 Å². The van der Waals surface area contributed by atoms with E-state index < -0.39 is 61.8 Å². The van der Waals surface area contributed by atoms with Crippen molar-refractivity contribution in [1.29, 1.82) is 0 Å². The Hall–Kier alpha value is -4.84. The number of hydrogen-bond donors (Lipinski definition) is 5. The number of carboxylic acids is 1. The standard InChI is InChI=1S/C45H55NO15/c1-23(2)10-31-41-29(17-35-43(31)57-22-56-35)32-20-54-34-16-27(13-26-12-25(14-28(47)15-26)11-24-6-4-3-5-7-24)33(18-30(34)42(32)59-41)60-61-44-40(52)39(51)36(58-45(44)53-9-8-46)21-55-38(50)19-37(48)49/h12,14-18,23-24,32,36,39-40,42,44-45,47,51-52H,3-11,13,19-22,46H2,1-2H3,(H,48,49)/t32-,36-,39-,40+,42-,44-,45-/m1/s1. The van der Waals surface area contributed by atoms with Gasteiger partial charge >= 0.3 is 11.9 Å². The fraction of sp³-hybridized carbons (Fsp3) is 0.556. The molecule has 0 unspecified atom stereocenters. The smallest absolute Gasteiger partial charge is 0.317 e. The van der Waals surface area contributed by atoms with Crippen LogP contribution in [0.15, 0.2) is 36.4 Å². The summed E-state index contributed by atoms with van der Waals surface area (Å²) in [4.78, 5) is 35.0. The summed E-state index contributed by atoms with van der Waals surface area (Å²) in [6.07, 6.45) is -0.893. The Morgan fingerprint density at radius 3 is 2.49 bits per heavy atom. The molecule has 7 atom stereocenters. The first-order chi connectivity index (χ1) is 29.4. The minimum absolute atomic E-state index is 0.0275. The molecule has 16 heteroatoms. The monoisotopic (exact) mass is 849 g/mol. The Kier molecular flexibility index (Phi) is 13.1. The van der Waals surface area contributed by atoms with E-state index in [1.807, 2.05) is 18.2 Å². The number of esters is 1. The molecule has 2 fully saturated rings. The van der Waals surface area contributed by atoms with Crippen LogP contribution in [-0.4, -0.2) is 96.2 Å². The first-order valence-electron chi connectivity index (χ1n) is 21.2. The van der Waals surface area contributed by atoms with Crippen LogP contribution in [0.3, 0.4) is 0 Å². The zero-order chi connectivity index (χ0) is 42.8. The summed E-state index contributed by atoms with van der Waals surface area (Å²) in [5, 5.41) is 42.3. The molecular formula is C45H55NO15. The maximum absolute atomic E-state index is 12.0. The molecule has 4 heterocycles. The van der Waals surface area contributed by atoms with Crippen LogP contribution in [0.4, 0.5) is 0 Å². The number of ether oxygens (including phenoxy) is 7. The van der Waals surface area contributed by atoms with E-state index in [9.17, 15) is 24.9 Å². The minimum atomic E-state index is -1.68. The van der Waals surface area contributed by atoms with Gasteiger partial charge in [0, 0.05) is 35.2 Å². The largest absolute Gasteiger partial charge is 0.508 e. The third-order valence-corrected chi connectivity index (χ3v) is 12.0. The van der Waals surface area contributed by atoms with Gasteiger partial charge in [-0.3, -0.25) is 9.59 Å². The summed E-state index contributed by atoms with van der Waals surface area (Å²) in [7, 11) is 0. The third kappa shape index (κ3) is 9.49. The number of aliphatic hydroxyl groups excluding tert-OH is 2. The number of rotatable bonds is 16. The van der Waals surface area contributed by atoms with Crippen molar-refractivity contribution in [1.82, 2.24) is 0 Å². The summed E-state index contributed by atoms with van der Waals surface area (Å²) in [5.74, 6) is 1.37. The fourth-order valence-electron chi connectivity index (χ4n) is 9.14. The van der Waals surface area contributed by atoms with Gasteiger partial charge in [-0.2, -0.15) is 4.89 Å². The molecule has 1 saturated heterocycles. The second-order valence-corrected chi connectivity index (χ2v) is 17.0. The number of aromatic hydroxyl groups is 1. The van der Waals surface area contributed by atoms with Gasteiger partial charge < -0.3 is 64.2 Å². The molecule has 0 aromatic heterocycles. The van der Waals surface area contributed by atoms with E-state index in [4.69, 9.17) is 53.8 Å². The maximum atomic E-state index is 12.0. The van der Waals surface area contributed by atoms with Crippen molar-refractivity contribution in [2.45, 2.75) is 114 Å². The molecule has 16 nitrogen and oxygen atoms in total. The minimum Gasteiger partial charge on any atom is -0.508 e. The average Bonchev–Trinajstić information content (AvgIpc) is 3.85. The lowest BCUT2D eigenvalue weighted by atomic mass is 9.84. The Bertz CT molecular complexity index is 2070. The first-order valence-corrected chi connectivity index (χ1v) is 21.2. The van der Waals surface area contributed by atoms with E-state index in [-0.39, 0.29) is 37.4 Å². The normalized spacial score (nSPS) is 25.2. The predicted octanol–water partition coefficient (Wildman–Crippen LogP) is 4.76. The molecule has 0 radical (unpaired) electrons. The van der Waals surface area contributed by atoms with Crippen LogP contribution in [-0.2, 0) is 47.9 Å². The number of carboxylic acid groups (broad SMARTS) is 1. The third-order valence-electron chi connectivity index (χ3n) is 12.0. The van der Waals surface area contributed by atoms with E-state index in [2.05, 4.69) is 19.9 Å². The molecule has 0 amide bonds. The average molecular weight is 850 g/mol. The quantitative estimate of drug-likeness (QED) is 0.0567. The van der Waals surface area contributed by atoms with Crippen LogP contribution in [0.1, 0.15) is 97.8 Å². The van der Waals surface area contributed by atoms with Crippen LogP contribution in [0, 0.1) is 11.8 Å². The fourth-order valence-corrected chi connectivity index (χ4v) is 9.14. The highest BCUT2D eigenvalue weighted by Crippen LogP contribution is 2.57. The van der Waals surface area contributed by atoms with Gasteiger partial charge in [0.15, 0.2) is 29.6 Å². The highest BCUT2D eigenvalue weighted by Gasteiger charge is 2.48. The summed E-state index contributed by atoms with van der Waals surface area (Å²) in [5.41, 5.74) is 10.8. The number of aliphatic carboxylic acids is 1. The molecule has 330 valence electrons. The zero-order valence-corrected chi connectivity index (χ0v) is 34.4. The van der Waals surface area contributed by atoms with Crippen LogP contribution in [0.25, 0.3) is 0 Å². The lowest BCUT2D eigenvalue weighted by Gasteiger charge is -2.41.